The molecule has 0 atom stereocenters. The van der Waals surface area contributed by atoms with Gasteiger partial charge >= 0.3 is 0 Å². The standard InChI is InChI=1S/C59H50S/c1-57(2)47-25-17-16-22-39(47)43-31-50-46(34-49(43)57)56-41-24-15-13-21-38(41)45(33-52(56)59(50,5)6)54-29-28-53(60(54,7)8)44-32-51-55(40-23-14-12-20-37(40)44)42-27-26-36(30-48(42)58(51,3)4)35-18-10-9-11-19-35/h9-34H,1-8H3. The zero-order chi connectivity index (χ0) is 41.1. The number of hydrogen-bond donors (Lipinski definition) is 0. The van der Waals surface area contributed by atoms with Crippen LogP contribution in [0.3, 0.4) is 0 Å². The van der Waals surface area contributed by atoms with Crippen LogP contribution in [0.5, 0.6) is 0 Å². The second-order valence-corrected chi connectivity index (χ2v) is 23.2. The number of hydrogen-bond acceptors (Lipinski definition) is 0. The quantitative estimate of drug-likeness (QED) is 0.167. The van der Waals surface area contributed by atoms with Gasteiger partial charge in [-0.05, 0) is 166 Å². The lowest BCUT2D eigenvalue weighted by Gasteiger charge is -2.36. The maximum atomic E-state index is 2.60. The molecule has 0 bridgehead atoms. The molecule has 0 saturated carbocycles. The van der Waals surface area contributed by atoms with Gasteiger partial charge in [0.15, 0.2) is 0 Å². The van der Waals surface area contributed by atoms with Crippen LogP contribution < -0.4 is 0 Å². The molecule has 8 aromatic carbocycles. The molecule has 0 N–H and O–H groups in total. The molecule has 0 fully saturated rings. The Balaban J connectivity index is 0.995. The van der Waals surface area contributed by atoms with Crippen molar-refractivity contribution in [1.29, 1.82) is 0 Å². The first-order valence-electron chi connectivity index (χ1n) is 21.6. The Morgan fingerprint density at radius 2 is 0.767 bits per heavy atom. The van der Waals surface area contributed by atoms with Gasteiger partial charge in [0.05, 0.1) is 0 Å². The Bertz CT molecular complexity index is 3290. The summed E-state index contributed by atoms with van der Waals surface area (Å²) in [6, 6.07) is 55.8. The molecule has 0 nitrogen and oxygen atoms in total. The molecule has 1 heteroatoms. The first-order valence-corrected chi connectivity index (χ1v) is 24.0. The molecule has 4 aliphatic rings. The molecule has 0 aromatic heterocycles. The highest BCUT2D eigenvalue weighted by molar-refractivity contribution is 8.47. The van der Waals surface area contributed by atoms with Gasteiger partial charge in [-0.25, -0.2) is 0 Å². The van der Waals surface area contributed by atoms with E-state index in [9.17, 15) is 0 Å². The lowest BCUT2D eigenvalue weighted by molar-refractivity contribution is 0.652. The Morgan fingerprint density at radius 3 is 1.38 bits per heavy atom. The van der Waals surface area contributed by atoms with Gasteiger partial charge in [0.1, 0.15) is 0 Å². The molecule has 12 rings (SSSR count). The highest BCUT2D eigenvalue weighted by Gasteiger charge is 2.44. The fraction of sp³-hybridized carbons (Fsp3) is 0.186. The minimum Gasteiger partial charge on any atom is -0.192 e. The summed E-state index contributed by atoms with van der Waals surface area (Å²) < 4.78 is 0. The Labute approximate surface area is 356 Å². The highest BCUT2D eigenvalue weighted by Crippen LogP contribution is 2.69. The lowest BCUT2D eigenvalue weighted by Crippen LogP contribution is -2.17. The maximum Gasteiger partial charge on any atom is 0.0159 e. The van der Waals surface area contributed by atoms with Crippen molar-refractivity contribution in [2.45, 2.75) is 57.8 Å². The van der Waals surface area contributed by atoms with Crippen LogP contribution in [0.15, 0.2) is 158 Å². The van der Waals surface area contributed by atoms with Crippen molar-refractivity contribution >= 4 is 41.4 Å². The van der Waals surface area contributed by atoms with E-state index in [0.29, 0.717) is 0 Å². The summed E-state index contributed by atoms with van der Waals surface area (Å²) in [5.41, 5.74) is 22.0. The summed E-state index contributed by atoms with van der Waals surface area (Å²) in [6.07, 6.45) is 10.0. The normalized spacial score (nSPS) is 18.3. The van der Waals surface area contributed by atoms with Crippen LogP contribution >= 0.6 is 10.0 Å². The number of allylic oxidation sites excluding steroid dienone is 2. The van der Waals surface area contributed by atoms with Gasteiger partial charge < -0.3 is 0 Å². The van der Waals surface area contributed by atoms with Gasteiger partial charge in [-0.2, -0.15) is 10.0 Å². The van der Waals surface area contributed by atoms with Crippen molar-refractivity contribution in [2.24, 2.45) is 0 Å². The highest BCUT2D eigenvalue weighted by atomic mass is 32.3. The minimum absolute atomic E-state index is 0.0431. The maximum absolute atomic E-state index is 2.60. The largest absolute Gasteiger partial charge is 0.192 e. The van der Waals surface area contributed by atoms with E-state index in [-0.39, 0.29) is 16.2 Å². The molecule has 1 heterocycles. The van der Waals surface area contributed by atoms with Crippen LogP contribution in [0.1, 0.15) is 86.1 Å². The van der Waals surface area contributed by atoms with Crippen LogP contribution in [0.2, 0.25) is 0 Å². The average molecular weight is 791 g/mol. The van der Waals surface area contributed by atoms with Crippen molar-refractivity contribution in [3.63, 3.8) is 0 Å². The van der Waals surface area contributed by atoms with Crippen molar-refractivity contribution in [3.8, 4) is 44.5 Å². The van der Waals surface area contributed by atoms with Crippen molar-refractivity contribution < 1.29 is 0 Å². The molecule has 0 saturated heterocycles. The second-order valence-electron chi connectivity index (χ2n) is 19.7. The minimum atomic E-state index is -1.44. The number of fused-ring (bicyclic) bond motifs is 13. The van der Waals surface area contributed by atoms with Crippen molar-refractivity contribution in [3.05, 3.63) is 202 Å². The molecular weight excluding hydrogens is 741 g/mol. The second kappa shape index (κ2) is 11.9. The first-order chi connectivity index (χ1) is 28.8. The number of rotatable bonds is 3. The summed E-state index contributed by atoms with van der Waals surface area (Å²) in [5.74, 6) is 0. The van der Waals surface area contributed by atoms with Crippen LogP contribution in [-0.2, 0) is 16.2 Å². The van der Waals surface area contributed by atoms with E-state index in [2.05, 4.69) is 212 Å². The van der Waals surface area contributed by atoms with Gasteiger partial charge in [-0.3, -0.25) is 0 Å². The Kier molecular flexibility index (Phi) is 7.14. The molecular formula is C59H50S. The SMILES string of the molecule is CC1(C)c2ccccc2-c2cc3c(cc21)-c1c(cc(C2=CC=C(c4cc5c(c6ccccc46)-c4ccc(-c6ccccc6)cc4C5(C)C)S2(C)C)c2ccccc12)C3(C)C. The molecule has 8 aromatic rings. The van der Waals surface area contributed by atoms with Gasteiger partial charge in [-0.1, -0.05) is 157 Å². The van der Waals surface area contributed by atoms with Gasteiger partial charge in [0, 0.05) is 26.1 Å². The fourth-order valence-corrected chi connectivity index (χ4v) is 14.4. The van der Waals surface area contributed by atoms with Crippen LogP contribution in [-0.4, -0.2) is 12.5 Å². The lowest BCUT2D eigenvalue weighted by atomic mass is 9.79. The summed E-state index contributed by atoms with van der Waals surface area (Å²) in [6.45, 7) is 14.6. The van der Waals surface area contributed by atoms with Crippen LogP contribution in [0, 0.1) is 0 Å². The van der Waals surface area contributed by atoms with Crippen molar-refractivity contribution in [1.82, 2.24) is 0 Å². The van der Waals surface area contributed by atoms with E-state index in [1.165, 1.54) is 120 Å². The fourth-order valence-electron chi connectivity index (χ4n) is 11.9. The van der Waals surface area contributed by atoms with Gasteiger partial charge in [-0.15, -0.1) is 0 Å². The van der Waals surface area contributed by atoms with E-state index in [1.807, 2.05) is 0 Å². The van der Waals surface area contributed by atoms with E-state index >= 15 is 0 Å². The molecule has 0 unspecified atom stereocenters. The summed E-state index contributed by atoms with van der Waals surface area (Å²) in [7, 11) is -1.44. The molecule has 60 heavy (non-hydrogen) atoms. The van der Waals surface area contributed by atoms with Crippen LogP contribution in [0.4, 0.5) is 0 Å². The Morgan fingerprint density at radius 1 is 0.317 bits per heavy atom. The van der Waals surface area contributed by atoms with E-state index < -0.39 is 10.0 Å². The van der Waals surface area contributed by atoms with Crippen molar-refractivity contribution in [2.75, 3.05) is 12.5 Å². The molecule has 0 spiro atoms. The average Bonchev–Trinajstić information content (AvgIpc) is 3.86. The van der Waals surface area contributed by atoms with E-state index in [4.69, 9.17) is 0 Å². The molecule has 292 valence electrons. The van der Waals surface area contributed by atoms with Gasteiger partial charge in [0.2, 0.25) is 0 Å². The first kappa shape index (κ1) is 36.0. The predicted molar refractivity (Wildman–Crippen MR) is 261 cm³/mol. The smallest absolute Gasteiger partial charge is 0.0159 e. The third-order valence-electron chi connectivity index (χ3n) is 15.2. The summed E-state index contributed by atoms with van der Waals surface area (Å²) in [5, 5.41) is 5.43. The zero-order valence-electron chi connectivity index (χ0n) is 35.9. The van der Waals surface area contributed by atoms with Gasteiger partial charge in [0.25, 0.3) is 0 Å². The van der Waals surface area contributed by atoms with E-state index in [1.54, 1.807) is 0 Å². The molecule has 1 aliphatic heterocycles. The third-order valence-corrected chi connectivity index (χ3v) is 18.1. The molecule has 0 radical (unpaired) electrons. The van der Waals surface area contributed by atoms with E-state index in [0.717, 1.165) is 0 Å². The topological polar surface area (TPSA) is 0 Å². The van der Waals surface area contributed by atoms with Crippen LogP contribution in [0.25, 0.3) is 75.9 Å². The molecule has 0 amide bonds. The third kappa shape index (κ3) is 4.54. The Hall–Kier alpha value is -5.89. The summed E-state index contributed by atoms with van der Waals surface area (Å²) in [4.78, 5) is 2.94. The predicted octanol–water partition coefficient (Wildman–Crippen LogP) is 16.0. The summed E-state index contributed by atoms with van der Waals surface area (Å²) >= 11 is 0. The molecule has 3 aliphatic carbocycles. The number of benzene rings is 8. The monoisotopic (exact) mass is 790 g/mol. The zero-order valence-corrected chi connectivity index (χ0v) is 36.7.